The van der Waals surface area contributed by atoms with E-state index in [-0.39, 0.29) is 0 Å². The van der Waals surface area contributed by atoms with Crippen LogP contribution in [0.5, 0.6) is 0 Å². The zero-order valence-corrected chi connectivity index (χ0v) is 6.61. The zero-order valence-electron chi connectivity index (χ0n) is 6.61. The van der Waals surface area contributed by atoms with Gasteiger partial charge in [-0.05, 0) is 42.4 Å². The first-order valence-electron chi connectivity index (χ1n) is 4.69. The van der Waals surface area contributed by atoms with Crippen LogP contribution in [-0.4, -0.2) is 11.7 Å². The third kappa shape index (κ3) is 0.610. The van der Waals surface area contributed by atoms with Crippen LogP contribution in [0.25, 0.3) is 0 Å². The van der Waals surface area contributed by atoms with Crippen LogP contribution >= 0.6 is 0 Å². The highest BCUT2D eigenvalue weighted by atomic mass is 16.3. The van der Waals surface area contributed by atoms with Gasteiger partial charge in [0.05, 0.1) is 0 Å². The largest absolute Gasteiger partial charge is 0.396 e. The number of rotatable bonds is 1. The van der Waals surface area contributed by atoms with Crippen LogP contribution in [0, 0.1) is 29.6 Å². The summed E-state index contributed by atoms with van der Waals surface area (Å²) in [4.78, 5) is 0. The predicted octanol–water partition coefficient (Wildman–Crippen LogP) is 1.44. The molecule has 0 radical (unpaired) electrons. The maximum atomic E-state index is 9.09. The van der Waals surface area contributed by atoms with E-state index in [1.165, 1.54) is 12.8 Å². The fourth-order valence-electron chi connectivity index (χ4n) is 3.46. The molecule has 0 aromatic carbocycles. The zero-order chi connectivity index (χ0) is 7.42. The minimum absolute atomic E-state index is 0.429. The number of allylic oxidation sites excluding steroid dienone is 2. The lowest BCUT2D eigenvalue weighted by molar-refractivity contribution is 0.130. The summed E-state index contributed by atoms with van der Waals surface area (Å²) in [6, 6.07) is 0. The molecule has 0 heterocycles. The Morgan fingerprint density at radius 1 is 1.18 bits per heavy atom. The van der Waals surface area contributed by atoms with Gasteiger partial charge in [0.25, 0.3) is 0 Å². The second-order valence-electron chi connectivity index (χ2n) is 4.38. The molecular weight excluding hydrogens is 136 g/mol. The summed E-state index contributed by atoms with van der Waals surface area (Å²) in [5.41, 5.74) is 0. The average Bonchev–Trinajstić information content (AvgIpc) is 2.38. The van der Waals surface area contributed by atoms with Gasteiger partial charge in [0.15, 0.2) is 0 Å². The topological polar surface area (TPSA) is 20.2 Å². The maximum Gasteiger partial charge on any atom is 0.0462 e. The van der Waals surface area contributed by atoms with Crippen molar-refractivity contribution in [3.63, 3.8) is 0 Å². The second-order valence-corrected chi connectivity index (χ2v) is 4.38. The highest BCUT2D eigenvalue weighted by Crippen LogP contribution is 2.59. The highest BCUT2D eigenvalue weighted by Gasteiger charge is 2.52. The smallest absolute Gasteiger partial charge is 0.0462 e. The van der Waals surface area contributed by atoms with Crippen molar-refractivity contribution < 1.29 is 5.11 Å². The first kappa shape index (κ1) is 6.24. The monoisotopic (exact) mass is 150 g/mol. The lowest BCUT2D eigenvalue weighted by Gasteiger charge is -2.37. The van der Waals surface area contributed by atoms with E-state index in [0.29, 0.717) is 12.5 Å². The summed E-state index contributed by atoms with van der Waals surface area (Å²) in [6.45, 7) is 0.429. The standard InChI is InChI=1S/C10H14O/c11-5-7-3-6-4-10(7)9-2-1-8(6)9/h1-2,6-11H,3-5H2/t6-,7-,8-,9+,10-/m1/s1. The van der Waals surface area contributed by atoms with Crippen LogP contribution < -0.4 is 0 Å². The molecule has 0 aromatic heterocycles. The van der Waals surface area contributed by atoms with E-state index in [2.05, 4.69) is 12.2 Å². The molecular formula is C10H14O. The molecule has 11 heavy (non-hydrogen) atoms. The van der Waals surface area contributed by atoms with Crippen molar-refractivity contribution in [1.82, 2.24) is 0 Å². The van der Waals surface area contributed by atoms with Crippen molar-refractivity contribution in [2.75, 3.05) is 6.61 Å². The van der Waals surface area contributed by atoms with Crippen LogP contribution in [0.1, 0.15) is 12.8 Å². The second kappa shape index (κ2) is 1.89. The van der Waals surface area contributed by atoms with Crippen LogP contribution in [0.15, 0.2) is 12.2 Å². The Bertz CT molecular complexity index is 209. The lowest BCUT2D eigenvalue weighted by atomic mass is 9.68. The van der Waals surface area contributed by atoms with Gasteiger partial charge in [0, 0.05) is 6.61 Å². The van der Waals surface area contributed by atoms with Crippen molar-refractivity contribution in [2.24, 2.45) is 29.6 Å². The van der Waals surface area contributed by atoms with E-state index in [9.17, 15) is 0 Å². The van der Waals surface area contributed by atoms with Crippen molar-refractivity contribution in [1.29, 1.82) is 0 Å². The van der Waals surface area contributed by atoms with Gasteiger partial charge in [-0.3, -0.25) is 0 Å². The molecule has 1 N–H and O–H groups in total. The molecule has 0 amide bonds. The van der Waals surface area contributed by atoms with Gasteiger partial charge < -0.3 is 5.11 Å². The molecule has 0 spiro atoms. The van der Waals surface area contributed by atoms with Crippen LogP contribution in [0.3, 0.4) is 0 Å². The number of hydrogen-bond acceptors (Lipinski definition) is 1. The van der Waals surface area contributed by atoms with E-state index < -0.39 is 0 Å². The Balaban J connectivity index is 1.88. The molecule has 2 bridgehead atoms. The van der Waals surface area contributed by atoms with Gasteiger partial charge >= 0.3 is 0 Å². The SMILES string of the molecule is OC[C@H]1C[C@@H]2C[C@H]1[C@H]1C=C[C@H]21. The first-order valence-corrected chi connectivity index (χ1v) is 4.69. The summed E-state index contributed by atoms with van der Waals surface area (Å²) >= 11 is 0. The fraction of sp³-hybridized carbons (Fsp3) is 0.800. The fourth-order valence-corrected chi connectivity index (χ4v) is 3.46. The predicted molar refractivity (Wildman–Crippen MR) is 42.9 cm³/mol. The quantitative estimate of drug-likeness (QED) is 0.561. The molecule has 1 nitrogen and oxygen atoms in total. The Kier molecular flexibility index (Phi) is 1.07. The Morgan fingerprint density at radius 2 is 2.00 bits per heavy atom. The molecule has 0 unspecified atom stereocenters. The Labute approximate surface area is 67.1 Å². The normalized spacial score (nSPS) is 57.7. The van der Waals surface area contributed by atoms with Crippen LogP contribution in [0.4, 0.5) is 0 Å². The molecule has 5 atom stereocenters. The van der Waals surface area contributed by atoms with Gasteiger partial charge in [-0.15, -0.1) is 0 Å². The molecule has 2 fully saturated rings. The van der Waals surface area contributed by atoms with E-state index in [4.69, 9.17) is 5.11 Å². The first-order chi connectivity index (χ1) is 5.40. The minimum atomic E-state index is 0.429. The Morgan fingerprint density at radius 3 is 2.55 bits per heavy atom. The van der Waals surface area contributed by atoms with Gasteiger partial charge in [0.2, 0.25) is 0 Å². The molecule has 3 rings (SSSR count). The third-order valence-corrected chi connectivity index (χ3v) is 4.06. The number of fused-ring (bicyclic) bond motifs is 5. The van der Waals surface area contributed by atoms with Crippen LogP contribution in [0.2, 0.25) is 0 Å². The van der Waals surface area contributed by atoms with Gasteiger partial charge in [-0.25, -0.2) is 0 Å². The van der Waals surface area contributed by atoms with E-state index >= 15 is 0 Å². The number of hydrogen-bond donors (Lipinski definition) is 1. The molecule has 2 saturated carbocycles. The molecule has 3 aliphatic rings. The van der Waals surface area contributed by atoms with E-state index in [0.717, 1.165) is 23.7 Å². The molecule has 1 heteroatoms. The molecule has 0 saturated heterocycles. The molecule has 3 aliphatic carbocycles. The van der Waals surface area contributed by atoms with Crippen molar-refractivity contribution in [3.8, 4) is 0 Å². The van der Waals surface area contributed by atoms with E-state index in [1.807, 2.05) is 0 Å². The van der Waals surface area contributed by atoms with E-state index in [1.54, 1.807) is 0 Å². The number of aliphatic hydroxyl groups is 1. The summed E-state index contributed by atoms with van der Waals surface area (Å²) in [6.07, 6.45) is 7.43. The molecule has 0 aromatic rings. The van der Waals surface area contributed by atoms with Gasteiger partial charge in [-0.2, -0.15) is 0 Å². The average molecular weight is 150 g/mol. The van der Waals surface area contributed by atoms with Crippen molar-refractivity contribution in [2.45, 2.75) is 12.8 Å². The molecule has 0 aliphatic heterocycles. The maximum absolute atomic E-state index is 9.09. The van der Waals surface area contributed by atoms with Gasteiger partial charge in [0.1, 0.15) is 0 Å². The summed E-state index contributed by atoms with van der Waals surface area (Å²) in [5.74, 6) is 4.21. The summed E-state index contributed by atoms with van der Waals surface area (Å²) in [7, 11) is 0. The van der Waals surface area contributed by atoms with Crippen molar-refractivity contribution in [3.05, 3.63) is 12.2 Å². The lowest BCUT2D eigenvalue weighted by Crippen LogP contribution is -2.32. The minimum Gasteiger partial charge on any atom is -0.396 e. The Hall–Kier alpha value is -0.300. The number of aliphatic hydroxyl groups excluding tert-OH is 1. The van der Waals surface area contributed by atoms with Crippen molar-refractivity contribution >= 4 is 0 Å². The van der Waals surface area contributed by atoms with Gasteiger partial charge in [-0.1, -0.05) is 12.2 Å². The summed E-state index contributed by atoms with van der Waals surface area (Å²) < 4.78 is 0. The molecule has 60 valence electrons. The van der Waals surface area contributed by atoms with Crippen LogP contribution in [-0.2, 0) is 0 Å². The third-order valence-electron chi connectivity index (χ3n) is 4.06. The highest BCUT2D eigenvalue weighted by molar-refractivity contribution is 5.20. The summed E-state index contributed by atoms with van der Waals surface area (Å²) in [5, 5.41) is 9.09.